The van der Waals surface area contributed by atoms with Crippen molar-refractivity contribution in [3.8, 4) is 0 Å². The molecule has 0 saturated heterocycles. The summed E-state index contributed by atoms with van der Waals surface area (Å²) in [6, 6.07) is 15.0. The topological polar surface area (TPSA) is 49.4 Å². The van der Waals surface area contributed by atoms with Crippen LogP contribution in [-0.4, -0.2) is 29.3 Å². The van der Waals surface area contributed by atoms with Crippen molar-refractivity contribution < 1.29 is 9.59 Å². The smallest absolute Gasteiger partial charge is 0.242 e. The van der Waals surface area contributed by atoms with E-state index in [1.54, 1.807) is 17.9 Å². The molecule has 0 spiro atoms. The third kappa shape index (κ3) is 7.21. The molecule has 0 bridgehead atoms. The first-order valence-corrected chi connectivity index (χ1v) is 10.5. The fourth-order valence-corrected chi connectivity index (χ4v) is 3.19. The van der Waals surface area contributed by atoms with E-state index in [4.69, 9.17) is 11.6 Å². The number of amides is 2. The fourth-order valence-electron chi connectivity index (χ4n) is 2.99. The Morgan fingerprint density at radius 1 is 1.03 bits per heavy atom. The lowest BCUT2D eigenvalue weighted by molar-refractivity contribution is -0.140. The molecule has 29 heavy (non-hydrogen) atoms. The Morgan fingerprint density at radius 2 is 1.69 bits per heavy atom. The summed E-state index contributed by atoms with van der Waals surface area (Å²) in [5.74, 6) is 0.146. The maximum atomic E-state index is 13.1. The van der Waals surface area contributed by atoms with Crippen molar-refractivity contribution in [1.82, 2.24) is 10.2 Å². The number of carbonyl (C=O) groups excluding carboxylic acids is 2. The molecule has 0 fully saturated rings. The van der Waals surface area contributed by atoms with Crippen molar-refractivity contribution >= 4 is 23.4 Å². The summed E-state index contributed by atoms with van der Waals surface area (Å²) in [4.78, 5) is 27.4. The quantitative estimate of drug-likeness (QED) is 0.642. The van der Waals surface area contributed by atoms with Crippen LogP contribution in [0.25, 0.3) is 0 Å². The van der Waals surface area contributed by atoms with Gasteiger partial charge in [-0.2, -0.15) is 0 Å². The molecule has 0 saturated carbocycles. The first kappa shape index (κ1) is 23.0. The van der Waals surface area contributed by atoms with Crippen LogP contribution in [0.1, 0.15) is 43.9 Å². The number of rotatable bonds is 9. The molecule has 5 heteroatoms. The van der Waals surface area contributed by atoms with Crippen LogP contribution >= 0.6 is 11.6 Å². The summed E-state index contributed by atoms with van der Waals surface area (Å²) in [5.41, 5.74) is 3.13. The van der Waals surface area contributed by atoms with E-state index >= 15 is 0 Å². The number of aryl methyl sites for hydroxylation is 2. The minimum absolute atomic E-state index is 0.0577. The van der Waals surface area contributed by atoms with E-state index in [2.05, 4.69) is 5.32 Å². The van der Waals surface area contributed by atoms with Gasteiger partial charge < -0.3 is 10.2 Å². The number of carbonyl (C=O) groups is 2. The van der Waals surface area contributed by atoms with Gasteiger partial charge in [0.15, 0.2) is 0 Å². The normalized spacial score (nSPS) is 11.9. The second-order valence-corrected chi connectivity index (χ2v) is 8.32. The molecule has 2 aromatic carbocycles. The van der Waals surface area contributed by atoms with Gasteiger partial charge in [-0.3, -0.25) is 9.59 Å². The lowest BCUT2D eigenvalue weighted by atomic mass is 10.1. The van der Waals surface area contributed by atoms with Crippen molar-refractivity contribution in [1.29, 1.82) is 0 Å². The van der Waals surface area contributed by atoms with E-state index in [1.807, 2.05) is 63.2 Å². The van der Waals surface area contributed by atoms with E-state index in [1.165, 1.54) is 5.56 Å². The molecule has 0 unspecified atom stereocenters. The Balaban J connectivity index is 2.13. The highest BCUT2D eigenvalue weighted by atomic mass is 35.5. The molecule has 2 aromatic rings. The summed E-state index contributed by atoms with van der Waals surface area (Å²) < 4.78 is 0. The summed E-state index contributed by atoms with van der Waals surface area (Å²) in [5, 5.41) is 3.53. The lowest BCUT2D eigenvalue weighted by Crippen LogP contribution is -2.48. The Hall–Kier alpha value is -2.33. The van der Waals surface area contributed by atoms with Gasteiger partial charge in [0, 0.05) is 24.5 Å². The fraction of sp³-hybridized carbons (Fsp3) is 0.417. The molecule has 0 aliphatic heterocycles. The summed E-state index contributed by atoms with van der Waals surface area (Å²) in [6.45, 7) is 8.79. The van der Waals surface area contributed by atoms with E-state index in [9.17, 15) is 9.59 Å². The first-order chi connectivity index (χ1) is 13.8. The van der Waals surface area contributed by atoms with Crippen molar-refractivity contribution in [2.75, 3.05) is 6.54 Å². The van der Waals surface area contributed by atoms with Gasteiger partial charge in [0.05, 0.1) is 0 Å². The Morgan fingerprint density at radius 3 is 2.31 bits per heavy atom. The molecule has 1 N–H and O–H groups in total. The van der Waals surface area contributed by atoms with Crippen molar-refractivity contribution in [2.24, 2.45) is 5.92 Å². The van der Waals surface area contributed by atoms with Gasteiger partial charge in [-0.05, 0) is 43.4 Å². The molecule has 0 aliphatic carbocycles. The molecule has 4 nitrogen and oxygen atoms in total. The van der Waals surface area contributed by atoms with E-state index in [-0.39, 0.29) is 11.8 Å². The predicted molar refractivity (Wildman–Crippen MR) is 119 cm³/mol. The van der Waals surface area contributed by atoms with Gasteiger partial charge >= 0.3 is 0 Å². The van der Waals surface area contributed by atoms with Crippen molar-refractivity contribution in [2.45, 2.75) is 53.1 Å². The van der Waals surface area contributed by atoms with E-state index in [0.717, 1.165) is 11.1 Å². The monoisotopic (exact) mass is 414 g/mol. The molecule has 0 aliphatic rings. The van der Waals surface area contributed by atoms with Crippen LogP contribution in [0.2, 0.25) is 5.02 Å². The number of nitrogens with zero attached hydrogens (tertiary/aromatic N) is 1. The number of hydrogen-bond donors (Lipinski definition) is 1. The molecule has 2 amide bonds. The minimum atomic E-state index is -0.574. The average Bonchev–Trinajstić information content (AvgIpc) is 2.70. The first-order valence-electron chi connectivity index (χ1n) is 10.1. The van der Waals surface area contributed by atoms with Gasteiger partial charge in [0.2, 0.25) is 11.8 Å². The highest BCUT2D eigenvalue weighted by molar-refractivity contribution is 6.31. The average molecular weight is 415 g/mol. The van der Waals surface area contributed by atoms with Crippen LogP contribution in [0, 0.1) is 12.8 Å². The highest BCUT2D eigenvalue weighted by Gasteiger charge is 2.26. The van der Waals surface area contributed by atoms with Crippen molar-refractivity contribution in [3.63, 3.8) is 0 Å². The largest absolute Gasteiger partial charge is 0.354 e. The van der Waals surface area contributed by atoms with Gasteiger partial charge in [-0.15, -0.1) is 0 Å². The zero-order chi connectivity index (χ0) is 21.4. The molecule has 1 atom stereocenters. The Kier molecular flexibility index (Phi) is 8.71. The van der Waals surface area contributed by atoms with Crippen LogP contribution in [-0.2, 0) is 22.6 Å². The predicted octanol–water partition coefficient (Wildman–Crippen LogP) is 4.77. The zero-order valence-electron chi connectivity index (χ0n) is 17.7. The van der Waals surface area contributed by atoms with Crippen LogP contribution in [0.5, 0.6) is 0 Å². The van der Waals surface area contributed by atoms with Crippen LogP contribution in [0.15, 0.2) is 48.5 Å². The molecule has 0 heterocycles. The maximum Gasteiger partial charge on any atom is 0.242 e. The second-order valence-electron chi connectivity index (χ2n) is 7.91. The van der Waals surface area contributed by atoms with Crippen molar-refractivity contribution in [3.05, 3.63) is 70.2 Å². The Labute approximate surface area is 179 Å². The maximum absolute atomic E-state index is 13.1. The van der Waals surface area contributed by atoms with Crippen LogP contribution < -0.4 is 5.32 Å². The lowest BCUT2D eigenvalue weighted by Gasteiger charge is -2.29. The van der Waals surface area contributed by atoms with Gasteiger partial charge in [0.1, 0.15) is 6.04 Å². The third-order valence-electron chi connectivity index (χ3n) is 4.90. The molecular formula is C24H31ClN2O2. The van der Waals surface area contributed by atoms with Crippen LogP contribution in [0.3, 0.4) is 0 Å². The Bertz CT molecular complexity index is 818. The highest BCUT2D eigenvalue weighted by Crippen LogP contribution is 2.20. The number of nitrogens with one attached hydrogen (secondary N) is 1. The molecule has 2 rings (SSSR count). The summed E-state index contributed by atoms with van der Waals surface area (Å²) >= 11 is 6.31. The third-order valence-corrected chi connectivity index (χ3v) is 5.27. The van der Waals surface area contributed by atoms with E-state index in [0.29, 0.717) is 36.9 Å². The van der Waals surface area contributed by atoms with E-state index < -0.39 is 6.04 Å². The summed E-state index contributed by atoms with van der Waals surface area (Å²) in [7, 11) is 0. The standard InChI is InChI=1S/C24H31ClN2O2/c1-17(2)15-26-24(29)19(4)27(16-21-7-5-6-8-22(21)25)23(28)14-13-20-11-9-18(3)10-12-20/h5-12,17,19H,13-16H2,1-4H3,(H,26,29)/t19-/m0/s1. The van der Waals surface area contributed by atoms with Crippen LogP contribution in [0.4, 0.5) is 0 Å². The molecule has 156 valence electrons. The van der Waals surface area contributed by atoms with Gasteiger partial charge in [-0.25, -0.2) is 0 Å². The summed E-state index contributed by atoms with van der Waals surface area (Å²) in [6.07, 6.45) is 0.980. The molecule has 0 radical (unpaired) electrons. The van der Waals surface area contributed by atoms with Gasteiger partial charge in [0.25, 0.3) is 0 Å². The number of halogens is 1. The zero-order valence-corrected chi connectivity index (χ0v) is 18.5. The van der Waals surface area contributed by atoms with Gasteiger partial charge in [-0.1, -0.05) is 73.5 Å². The SMILES string of the molecule is Cc1ccc(CCC(=O)N(Cc2ccccc2Cl)[C@@H](C)C(=O)NCC(C)C)cc1. The minimum Gasteiger partial charge on any atom is -0.354 e. The molecular weight excluding hydrogens is 384 g/mol. The number of benzene rings is 2. The second kappa shape index (κ2) is 11.0. The number of hydrogen-bond acceptors (Lipinski definition) is 2. The molecule has 0 aromatic heterocycles.